The van der Waals surface area contributed by atoms with E-state index in [1.54, 1.807) is 34.1 Å². The van der Waals surface area contributed by atoms with E-state index in [0.717, 1.165) is 12.8 Å². The molecule has 1 saturated heterocycles. The fourth-order valence-electron chi connectivity index (χ4n) is 2.98. The van der Waals surface area contributed by atoms with Gasteiger partial charge in [-0.15, -0.1) is 0 Å². The lowest BCUT2D eigenvalue weighted by atomic mass is 10.0. The largest absolute Gasteiger partial charge is 0.478 e. The minimum Gasteiger partial charge on any atom is -0.478 e. The second-order valence-corrected chi connectivity index (χ2v) is 6.59. The van der Waals surface area contributed by atoms with E-state index in [4.69, 9.17) is 9.84 Å². The molecule has 0 unspecified atom stereocenters. The van der Waals surface area contributed by atoms with Gasteiger partial charge in [0, 0.05) is 31.5 Å². The summed E-state index contributed by atoms with van der Waals surface area (Å²) in [5, 5.41) is 13.1. The topological polar surface area (TPSA) is 97.5 Å². The molecule has 3 rings (SSSR count). The van der Waals surface area contributed by atoms with Crippen molar-refractivity contribution in [1.29, 1.82) is 0 Å². The van der Waals surface area contributed by atoms with Crippen LogP contribution < -0.4 is 4.74 Å². The number of pyridine rings is 1. The summed E-state index contributed by atoms with van der Waals surface area (Å²) < 4.78 is 7.17. The number of amides is 1. The molecular weight excluding hydrogens is 336 g/mol. The van der Waals surface area contributed by atoms with Crippen molar-refractivity contribution in [3.8, 4) is 5.88 Å². The van der Waals surface area contributed by atoms with Gasteiger partial charge < -0.3 is 14.7 Å². The molecule has 8 nitrogen and oxygen atoms in total. The number of carbonyl (C=O) groups excluding carboxylic acids is 1. The van der Waals surface area contributed by atoms with Gasteiger partial charge in [-0.1, -0.05) is 0 Å². The molecule has 0 radical (unpaired) electrons. The van der Waals surface area contributed by atoms with Crippen LogP contribution in [0.1, 0.15) is 53.4 Å². The van der Waals surface area contributed by atoms with Gasteiger partial charge in [0.1, 0.15) is 0 Å². The SMILES string of the molecule is CC(C)Oc1ccc(C(=O)N2CCC(n3cc(C(=O)O)cn3)CC2)cn1. The Bertz CT molecular complexity index is 777. The van der Waals surface area contributed by atoms with E-state index in [9.17, 15) is 9.59 Å². The number of ether oxygens (including phenoxy) is 1. The van der Waals surface area contributed by atoms with E-state index in [1.165, 1.54) is 6.20 Å². The molecule has 2 aromatic heterocycles. The number of piperidine rings is 1. The number of hydrogen-bond donors (Lipinski definition) is 1. The Morgan fingerprint density at radius 1 is 1.19 bits per heavy atom. The van der Waals surface area contributed by atoms with Gasteiger partial charge in [0.25, 0.3) is 5.91 Å². The number of nitrogens with zero attached hydrogens (tertiary/aromatic N) is 4. The van der Waals surface area contributed by atoms with Gasteiger partial charge in [0.2, 0.25) is 5.88 Å². The van der Waals surface area contributed by atoms with Gasteiger partial charge in [-0.05, 0) is 32.8 Å². The maximum absolute atomic E-state index is 12.6. The van der Waals surface area contributed by atoms with E-state index in [-0.39, 0.29) is 23.6 Å². The van der Waals surface area contributed by atoms with Crippen molar-refractivity contribution in [1.82, 2.24) is 19.7 Å². The highest BCUT2D eigenvalue weighted by atomic mass is 16.5. The van der Waals surface area contributed by atoms with E-state index < -0.39 is 5.97 Å². The van der Waals surface area contributed by atoms with E-state index in [0.29, 0.717) is 24.5 Å². The summed E-state index contributed by atoms with van der Waals surface area (Å²) in [5.41, 5.74) is 0.713. The number of hydrogen-bond acceptors (Lipinski definition) is 5. The molecule has 0 aliphatic carbocycles. The highest BCUT2D eigenvalue weighted by molar-refractivity contribution is 5.94. The van der Waals surface area contributed by atoms with Crippen LogP contribution in [0, 0.1) is 0 Å². The molecule has 2 aromatic rings. The van der Waals surface area contributed by atoms with Gasteiger partial charge >= 0.3 is 5.97 Å². The van der Waals surface area contributed by atoms with Crippen molar-refractivity contribution < 1.29 is 19.4 Å². The summed E-state index contributed by atoms with van der Waals surface area (Å²) in [5.74, 6) is -0.539. The maximum Gasteiger partial charge on any atom is 0.338 e. The first-order chi connectivity index (χ1) is 12.4. The van der Waals surface area contributed by atoms with E-state index in [1.807, 2.05) is 13.8 Å². The van der Waals surface area contributed by atoms with Crippen LogP contribution in [-0.2, 0) is 0 Å². The molecule has 0 atom stereocenters. The van der Waals surface area contributed by atoms with Crippen LogP contribution in [0.2, 0.25) is 0 Å². The standard InChI is InChI=1S/C18H22N4O4/c1-12(2)26-16-4-3-13(9-19-16)17(23)21-7-5-15(6-8-21)22-11-14(10-20-22)18(24)25/h3-4,9-12,15H,5-8H2,1-2H3,(H,24,25). The average molecular weight is 358 g/mol. The number of carbonyl (C=O) groups is 2. The highest BCUT2D eigenvalue weighted by Crippen LogP contribution is 2.23. The average Bonchev–Trinajstić information content (AvgIpc) is 3.12. The minimum absolute atomic E-state index is 0.0343. The quantitative estimate of drug-likeness (QED) is 0.880. The fraction of sp³-hybridized carbons (Fsp3) is 0.444. The summed E-state index contributed by atoms with van der Waals surface area (Å²) in [6.07, 6.45) is 5.93. The molecule has 1 fully saturated rings. The van der Waals surface area contributed by atoms with Gasteiger partial charge in [-0.3, -0.25) is 9.48 Å². The third-order valence-electron chi connectivity index (χ3n) is 4.31. The molecule has 0 spiro atoms. The number of rotatable bonds is 5. The number of likely N-dealkylation sites (tertiary alicyclic amines) is 1. The van der Waals surface area contributed by atoms with Gasteiger partial charge in [-0.2, -0.15) is 5.10 Å². The van der Waals surface area contributed by atoms with Crippen LogP contribution in [0.15, 0.2) is 30.7 Å². The number of carboxylic acid groups (broad SMARTS) is 1. The van der Waals surface area contributed by atoms with Crippen molar-refractivity contribution in [2.45, 2.75) is 38.8 Å². The second kappa shape index (κ2) is 7.55. The van der Waals surface area contributed by atoms with Crippen molar-refractivity contribution in [2.75, 3.05) is 13.1 Å². The molecule has 0 aromatic carbocycles. The molecular formula is C18H22N4O4. The number of carboxylic acids is 1. The molecule has 8 heteroatoms. The molecule has 26 heavy (non-hydrogen) atoms. The Morgan fingerprint density at radius 3 is 2.46 bits per heavy atom. The van der Waals surface area contributed by atoms with Gasteiger partial charge in [0.15, 0.2) is 0 Å². The smallest absolute Gasteiger partial charge is 0.338 e. The van der Waals surface area contributed by atoms with E-state index >= 15 is 0 Å². The van der Waals surface area contributed by atoms with Crippen LogP contribution >= 0.6 is 0 Å². The molecule has 0 saturated carbocycles. The van der Waals surface area contributed by atoms with Crippen molar-refractivity contribution >= 4 is 11.9 Å². The Labute approximate surface area is 151 Å². The Morgan fingerprint density at radius 2 is 1.92 bits per heavy atom. The fourth-order valence-corrected chi connectivity index (χ4v) is 2.98. The third kappa shape index (κ3) is 4.01. The van der Waals surface area contributed by atoms with Gasteiger partial charge in [0.05, 0.1) is 29.5 Å². The van der Waals surface area contributed by atoms with Gasteiger partial charge in [-0.25, -0.2) is 9.78 Å². The molecule has 1 N–H and O–H groups in total. The highest BCUT2D eigenvalue weighted by Gasteiger charge is 2.25. The number of aromatic carboxylic acids is 1. The number of aromatic nitrogens is 3. The lowest BCUT2D eigenvalue weighted by molar-refractivity contribution is 0.0687. The predicted octanol–water partition coefficient (Wildman–Crippen LogP) is 2.24. The first-order valence-electron chi connectivity index (χ1n) is 8.63. The van der Waals surface area contributed by atoms with Crippen LogP contribution in [0.3, 0.4) is 0 Å². The summed E-state index contributed by atoms with van der Waals surface area (Å²) in [4.78, 5) is 29.5. The van der Waals surface area contributed by atoms with Crippen molar-refractivity contribution in [3.63, 3.8) is 0 Å². The third-order valence-corrected chi connectivity index (χ3v) is 4.31. The second-order valence-electron chi connectivity index (χ2n) is 6.59. The predicted molar refractivity (Wildman–Crippen MR) is 93.4 cm³/mol. The molecule has 138 valence electrons. The normalized spacial score (nSPS) is 15.3. The minimum atomic E-state index is -0.985. The Kier molecular flexibility index (Phi) is 5.20. The Hall–Kier alpha value is -2.90. The zero-order valence-electron chi connectivity index (χ0n) is 14.8. The molecule has 1 aliphatic heterocycles. The monoisotopic (exact) mass is 358 g/mol. The van der Waals surface area contributed by atoms with Crippen LogP contribution in [0.25, 0.3) is 0 Å². The molecule has 0 bridgehead atoms. The van der Waals surface area contributed by atoms with Crippen LogP contribution in [0.4, 0.5) is 0 Å². The molecule has 1 amide bonds. The first kappa shape index (κ1) is 17.9. The first-order valence-corrected chi connectivity index (χ1v) is 8.63. The summed E-state index contributed by atoms with van der Waals surface area (Å²) in [6.45, 7) is 5.03. The summed E-state index contributed by atoms with van der Waals surface area (Å²) in [7, 11) is 0. The van der Waals surface area contributed by atoms with Crippen LogP contribution in [0.5, 0.6) is 5.88 Å². The zero-order valence-corrected chi connectivity index (χ0v) is 14.8. The Balaban J connectivity index is 1.58. The maximum atomic E-state index is 12.6. The summed E-state index contributed by atoms with van der Waals surface area (Å²) in [6, 6.07) is 3.54. The van der Waals surface area contributed by atoms with Crippen molar-refractivity contribution in [2.24, 2.45) is 0 Å². The lowest BCUT2D eigenvalue weighted by Gasteiger charge is -2.32. The molecule has 1 aliphatic rings. The zero-order chi connectivity index (χ0) is 18.7. The molecule has 3 heterocycles. The van der Waals surface area contributed by atoms with Crippen molar-refractivity contribution in [3.05, 3.63) is 41.9 Å². The van der Waals surface area contributed by atoms with Crippen LogP contribution in [-0.4, -0.2) is 55.8 Å². The lowest BCUT2D eigenvalue weighted by Crippen LogP contribution is -2.39. The summed E-state index contributed by atoms with van der Waals surface area (Å²) >= 11 is 0. The van der Waals surface area contributed by atoms with E-state index in [2.05, 4.69) is 10.1 Å².